The number of carbonyl (C=O) groups excluding carboxylic acids is 1. The second-order valence-corrected chi connectivity index (χ2v) is 7.59. The van der Waals surface area contributed by atoms with Crippen molar-refractivity contribution in [3.63, 3.8) is 0 Å². The van der Waals surface area contributed by atoms with Crippen molar-refractivity contribution in [3.8, 4) is 0 Å². The van der Waals surface area contributed by atoms with Crippen LogP contribution in [0.4, 0.5) is 10.1 Å². The standard InChI is InChI=1S/C17H14FN3O3S2/c1-20-14-7-4-12(21(23)24)10-15(14)26-17(20)19-16(22)8-9-25-13-5-2-11(18)3-6-13/h2-7,10H,8-9H2,1H3. The quantitative estimate of drug-likeness (QED) is 0.375. The van der Waals surface area contributed by atoms with Crippen LogP contribution in [0.15, 0.2) is 52.4 Å². The van der Waals surface area contributed by atoms with Crippen molar-refractivity contribution in [1.29, 1.82) is 0 Å². The van der Waals surface area contributed by atoms with Gasteiger partial charge in [-0.15, -0.1) is 11.8 Å². The van der Waals surface area contributed by atoms with E-state index in [9.17, 15) is 19.3 Å². The number of benzene rings is 2. The maximum Gasteiger partial charge on any atom is 0.270 e. The molecule has 9 heteroatoms. The van der Waals surface area contributed by atoms with Crippen LogP contribution >= 0.6 is 23.1 Å². The Balaban J connectivity index is 1.72. The summed E-state index contributed by atoms with van der Waals surface area (Å²) in [6.45, 7) is 0. The van der Waals surface area contributed by atoms with Crippen LogP contribution in [0.5, 0.6) is 0 Å². The van der Waals surface area contributed by atoms with Gasteiger partial charge in [-0.05, 0) is 30.3 Å². The van der Waals surface area contributed by atoms with E-state index in [1.54, 1.807) is 29.8 Å². The minimum absolute atomic E-state index is 0.00734. The van der Waals surface area contributed by atoms with E-state index in [0.717, 1.165) is 10.4 Å². The summed E-state index contributed by atoms with van der Waals surface area (Å²) in [6, 6.07) is 10.7. The molecule has 0 bridgehead atoms. The number of fused-ring (bicyclic) bond motifs is 1. The zero-order valence-corrected chi connectivity index (χ0v) is 15.3. The van der Waals surface area contributed by atoms with Crippen LogP contribution in [-0.2, 0) is 11.8 Å². The van der Waals surface area contributed by atoms with Crippen LogP contribution in [0.25, 0.3) is 10.2 Å². The summed E-state index contributed by atoms with van der Waals surface area (Å²) in [5.74, 6) is -0.0252. The first kappa shape index (κ1) is 18.3. The molecule has 0 aliphatic carbocycles. The molecule has 0 fully saturated rings. The molecule has 1 heterocycles. The number of nitro benzene ring substituents is 1. The van der Waals surface area contributed by atoms with Gasteiger partial charge >= 0.3 is 0 Å². The van der Waals surface area contributed by atoms with E-state index in [1.165, 1.54) is 47.4 Å². The number of nitrogens with zero attached hydrogens (tertiary/aromatic N) is 3. The first-order valence-electron chi connectivity index (χ1n) is 7.64. The second-order valence-electron chi connectivity index (χ2n) is 5.41. The summed E-state index contributed by atoms with van der Waals surface area (Å²) in [5, 5.41) is 10.9. The molecule has 26 heavy (non-hydrogen) atoms. The minimum atomic E-state index is -0.451. The lowest BCUT2D eigenvalue weighted by Crippen LogP contribution is -2.13. The molecule has 0 spiro atoms. The first-order chi connectivity index (χ1) is 12.4. The fraction of sp³-hybridized carbons (Fsp3) is 0.176. The zero-order chi connectivity index (χ0) is 18.7. The molecule has 6 nitrogen and oxygen atoms in total. The second kappa shape index (κ2) is 7.79. The van der Waals surface area contributed by atoms with Crippen LogP contribution in [0.3, 0.4) is 0 Å². The monoisotopic (exact) mass is 391 g/mol. The van der Waals surface area contributed by atoms with Gasteiger partial charge in [-0.3, -0.25) is 14.9 Å². The van der Waals surface area contributed by atoms with Crippen LogP contribution in [0, 0.1) is 15.9 Å². The number of thioether (sulfide) groups is 1. The van der Waals surface area contributed by atoms with E-state index in [1.807, 2.05) is 0 Å². The number of hydrogen-bond donors (Lipinski definition) is 0. The van der Waals surface area contributed by atoms with Gasteiger partial charge in [-0.1, -0.05) is 11.3 Å². The Hall–Kier alpha value is -2.52. The fourth-order valence-electron chi connectivity index (χ4n) is 2.29. The van der Waals surface area contributed by atoms with Crippen molar-refractivity contribution in [3.05, 3.63) is 63.2 Å². The van der Waals surface area contributed by atoms with E-state index in [-0.39, 0.29) is 23.8 Å². The number of hydrogen-bond acceptors (Lipinski definition) is 5. The average Bonchev–Trinajstić information content (AvgIpc) is 2.92. The van der Waals surface area contributed by atoms with Gasteiger partial charge in [0.1, 0.15) is 5.82 Å². The molecule has 2 aromatic carbocycles. The average molecular weight is 391 g/mol. The van der Waals surface area contributed by atoms with Crippen LogP contribution in [-0.4, -0.2) is 21.2 Å². The van der Waals surface area contributed by atoms with Gasteiger partial charge in [-0.25, -0.2) is 4.39 Å². The predicted molar refractivity (Wildman–Crippen MR) is 99.8 cm³/mol. The van der Waals surface area contributed by atoms with E-state index >= 15 is 0 Å². The Kier molecular flexibility index (Phi) is 5.48. The number of aromatic nitrogens is 1. The first-order valence-corrected chi connectivity index (χ1v) is 9.44. The normalized spacial score (nSPS) is 11.8. The Bertz CT molecular complexity index is 1040. The number of aryl methyl sites for hydroxylation is 1. The molecule has 0 unspecified atom stereocenters. The number of rotatable bonds is 5. The van der Waals surface area contributed by atoms with Crippen molar-refractivity contribution < 1.29 is 14.1 Å². The SMILES string of the molecule is Cn1c(=NC(=O)CCSc2ccc(F)cc2)sc2cc([N+](=O)[O-])ccc21. The van der Waals surface area contributed by atoms with Gasteiger partial charge < -0.3 is 4.57 Å². The maximum absolute atomic E-state index is 12.9. The van der Waals surface area contributed by atoms with Gasteiger partial charge in [0.25, 0.3) is 5.69 Å². The summed E-state index contributed by atoms with van der Waals surface area (Å²) in [5.41, 5.74) is 0.792. The molecule has 1 amide bonds. The number of nitro groups is 1. The van der Waals surface area contributed by atoms with Crippen molar-refractivity contribution in [2.75, 3.05) is 5.75 Å². The molecule has 3 aromatic rings. The Labute approximate surface area is 156 Å². The maximum atomic E-state index is 12.9. The molecule has 0 atom stereocenters. The lowest BCUT2D eigenvalue weighted by atomic mass is 10.3. The Morgan fingerprint density at radius 3 is 2.73 bits per heavy atom. The number of carbonyl (C=O) groups is 1. The van der Waals surface area contributed by atoms with E-state index in [2.05, 4.69) is 4.99 Å². The smallest absolute Gasteiger partial charge is 0.270 e. The molecule has 0 N–H and O–H groups in total. The molecular formula is C17H14FN3O3S2. The number of non-ortho nitro benzene ring substituents is 1. The summed E-state index contributed by atoms with van der Waals surface area (Å²) >= 11 is 2.69. The van der Waals surface area contributed by atoms with E-state index < -0.39 is 4.92 Å². The third-order valence-electron chi connectivity index (χ3n) is 3.62. The molecule has 1 aromatic heterocycles. The van der Waals surface area contributed by atoms with Gasteiger partial charge in [-0.2, -0.15) is 4.99 Å². The molecule has 0 saturated carbocycles. The number of amides is 1. The highest BCUT2D eigenvalue weighted by molar-refractivity contribution is 7.99. The summed E-state index contributed by atoms with van der Waals surface area (Å²) < 4.78 is 15.3. The minimum Gasteiger partial charge on any atom is -0.319 e. The van der Waals surface area contributed by atoms with Crippen LogP contribution < -0.4 is 4.80 Å². The highest BCUT2D eigenvalue weighted by Gasteiger charge is 2.11. The summed E-state index contributed by atoms with van der Waals surface area (Å²) in [6.07, 6.45) is 0.246. The molecule has 134 valence electrons. The molecule has 3 rings (SSSR count). The Morgan fingerprint density at radius 2 is 2.04 bits per heavy atom. The zero-order valence-electron chi connectivity index (χ0n) is 13.7. The van der Waals surface area contributed by atoms with E-state index in [0.29, 0.717) is 15.3 Å². The summed E-state index contributed by atoms with van der Waals surface area (Å²) in [7, 11) is 1.77. The van der Waals surface area contributed by atoms with Gasteiger partial charge in [0.05, 0.1) is 15.1 Å². The third kappa shape index (κ3) is 4.17. The van der Waals surface area contributed by atoms with Gasteiger partial charge in [0.15, 0.2) is 4.80 Å². The third-order valence-corrected chi connectivity index (χ3v) is 5.73. The van der Waals surface area contributed by atoms with E-state index in [4.69, 9.17) is 0 Å². The largest absolute Gasteiger partial charge is 0.319 e. The summed E-state index contributed by atoms with van der Waals surface area (Å²) in [4.78, 5) is 28.0. The fourth-order valence-corrected chi connectivity index (χ4v) is 4.20. The molecule has 0 aliphatic heterocycles. The Morgan fingerprint density at radius 1 is 1.31 bits per heavy atom. The molecule has 0 saturated heterocycles. The number of thiazole rings is 1. The lowest BCUT2D eigenvalue weighted by molar-refractivity contribution is -0.384. The lowest BCUT2D eigenvalue weighted by Gasteiger charge is -1.99. The molecular weight excluding hydrogens is 377 g/mol. The molecule has 0 radical (unpaired) electrons. The van der Waals surface area contributed by atoms with Crippen molar-refractivity contribution in [1.82, 2.24) is 4.57 Å². The van der Waals surface area contributed by atoms with Gasteiger partial charge in [0.2, 0.25) is 5.91 Å². The van der Waals surface area contributed by atoms with Crippen molar-refractivity contribution >= 4 is 44.9 Å². The predicted octanol–water partition coefficient (Wildman–Crippen LogP) is 3.90. The topological polar surface area (TPSA) is 77.5 Å². The molecule has 0 aliphatic rings. The van der Waals surface area contributed by atoms with Gasteiger partial charge in [0, 0.05) is 36.2 Å². The van der Waals surface area contributed by atoms with Crippen molar-refractivity contribution in [2.24, 2.45) is 12.0 Å². The van der Waals surface area contributed by atoms with Crippen molar-refractivity contribution in [2.45, 2.75) is 11.3 Å². The van der Waals surface area contributed by atoms with Crippen LogP contribution in [0.1, 0.15) is 6.42 Å². The highest BCUT2D eigenvalue weighted by atomic mass is 32.2. The number of halogens is 1. The van der Waals surface area contributed by atoms with Crippen LogP contribution in [0.2, 0.25) is 0 Å². The highest BCUT2D eigenvalue weighted by Crippen LogP contribution is 2.23.